The fraction of sp³-hybridized carbons (Fsp3) is 0.300. The van der Waals surface area contributed by atoms with E-state index in [0.29, 0.717) is 5.96 Å². The molecule has 1 rings (SSSR count). The number of benzene rings is 1. The summed E-state index contributed by atoms with van der Waals surface area (Å²) in [5.41, 5.74) is 3.45. The van der Waals surface area contributed by atoms with Crippen LogP contribution in [0.1, 0.15) is 13.3 Å². The average Bonchev–Trinajstić information content (AvgIpc) is 2.27. The van der Waals surface area contributed by atoms with Gasteiger partial charge in [-0.25, -0.2) is 5.84 Å². The molecule has 0 aliphatic carbocycles. The van der Waals surface area contributed by atoms with Crippen molar-refractivity contribution in [3.05, 3.63) is 27.1 Å². The molecule has 0 unspecified atom stereocenters. The van der Waals surface area contributed by atoms with Crippen LogP contribution in [-0.4, -0.2) is 12.5 Å². The van der Waals surface area contributed by atoms with Gasteiger partial charge in [-0.3, -0.25) is 10.4 Å². The van der Waals surface area contributed by atoms with Crippen LogP contribution in [-0.2, 0) is 0 Å². The highest BCUT2D eigenvalue weighted by atomic mass is 79.9. The Bertz CT molecular complexity index is 379. The first-order chi connectivity index (χ1) is 7.67. The van der Waals surface area contributed by atoms with E-state index < -0.39 is 0 Å². The molecular formula is C10H14Br2N4. The molecular weight excluding hydrogens is 336 g/mol. The molecule has 4 N–H and O–H groups in total. The number of halogens is 2. The van der Waals surface area contributed by atoms with Crippen molar-refractivity contribution < 1.29 is 0 Å². The molecule has 16 heavy (non-hydrogen) atoms. The van der Waals surface area contributed by atoms with E-state index in [1.54, 1.807) is 0 Å². The summed E-state index contributed by atoms with van der Waals surface area (Å²) >= 11 is 6.85. The Morgan fingerprint density at radius 3 is 2.75 bits per heavy atom. The number of aliphatic imine (C=N–C) groups is 1. The van der Waals surface area contributed by atoms with Crippen molar-refractivity contribution in [1.29, 1.82) is 0 Å². The van der Waals surface area contributed by atoms with Gasteiger partial charge in [-0.15, -0.1) is 0 Å². The van der Waals surface area contributed by atoms with Gasteiger partial charge in [0.1, 0.15) is 0 Å². The maximum absolute atomic E-state index is 5.37. The molecule has 0 saturated carbocycles. The average molecular weight is 350 g/mol. The predicted octanol–water partition coefficient (Wildman–Crippen LogP) is 2.85. The Labute approximate surface area is 112 Å². The smallest absolute Gasteiger partial charge is 0.210 e. The van der Waals surface area contributed by atoms with Crippen LogP contribution < -0.4 is 16.6 Å². The Kier molecular flexibility index (Phi) is 5.79. The van der Waals surface area contributed by atoms with Crippen molar-refractivity contribution in [2.24, 2.45) is 10.8 Å². The summed E-state index contributed by atoms with van der Waals surface area (Å²) in [6, 6.07) is 5.84. The zero-order chi connectivity index (χ0) is 12.0. The minimum absolute atomic E-state index is 0.560. The molecule has 0 spiro atoms. The minimum Gasteiger partial charge on any atom is -0.324 e. The summed E-state index contributed by atoms with van der Waals surface area (Å²) in [7, 11) is 0. The first kappa shape index (κ1) is 13.5. The molecule has 0 aromatic heterocycles. The van der Waals surface area contributed by atoms with Gasteiger partial charge in [0, 0.05) is 15.5 Å². The fourth-order valence-electron chi connectivity index (χ4n) is 1.06. The lowest BCUT2D eigenvalue weighted by atomic mass is 10.3. The molecule has 0 heterocycles. The van der Waals surface area contributed by atoms with E-state index in [0.717, 1.165) is 27.6 Å². The number of nitrogens with one attached hydrogen (secondary N) is 2. The normalized spacial score (nSPS) is 11.4. The second-order valence-electron chi connectivity index (χ2n) is 3.12. The number of guanidine groups is 1. The number of hydrogen-bond donors (Lipinski definition) is 3. The monoisotopic (exact) mass is 348 g/mol. The number of hydrogen-bond acceptors (Lipinski definition) is 2. The minimum atomic E-state index is 0.560. The summed E-state index contributed by atoms with van der Waals surface area (Å²) < 4.78 is 1.96. The van der Waals surface area contributed by atoms with Crippen molar-refractivity contribution in [2.45, 2.75) is 13.3 Å². The molecule has 0 fully saturated rings. The van der Waals surface area contributed by atoms with Crippen molar-refractivity contribution in [3.63, 3.8) is 0 Å². The van der Waals surface area contributed by atoms with Crippen LogP contribution in [0.5, 0.6) is 0 Å². The van der Waals surface area contributed by atoms with Crippen molar-refractivity contribution >= 4 is 43.5 Å². The number of hydrazine groups is 1. The van der Waals surface area contributed by atoms with E-state index in [4.69, 9.17) is 5.84 Å². The van der Waals surface area contributed by atoms with Gasteiger partial charge in [-0.1, -0.05) is 22.9 Å². The van der Waals surface area contributed by atoms with Crippen LogP contribution in [0, 0.1) is 0 Å². The Hall–Kier alpha value is -0.590. The third-order valence-corrected chi connectivity index (χ3v) is 2.96. The van der Waals surface area contributed by atoms with E-state index >= 15 is 0 Å². The van der Waals surface area contributed by atoms with Gasteiger partial charge in [-0.2, -0.15) is 0 Å². The third kappa shape index (κ3) is 4.11. The third-order valence-electron chi connectivity index (χ3n) is 1.81. The highest BCUT2D eigenvalue weighted by molar-refractivity contribution is 9.11. The van der Waals surface area contributed by atoms with Gasteiger partial charge >= 0.3 is 0 Å². The highest BCUT2D eigenvalue weighted by Crippen LogP contribution is 2.25. The van der Waals surface area contributed by atoms with E-state index in [2.05, 4.69) is 54.5 Å². The molecule has 0 amide bonds. The molecule has 4 nitrogen and oxygen atoms in total. The van der Waals surface area contributed by atoms with Gasteiger partial charge in [0.25, 0.3) is 0 Å². The zero-order valence-corrected chi connectivity index (χ0v) is 12.1. The lowest BCUT2D eigenvalue weighted by Crippen LogP contribution is -2.36. The molecule has 6 heteroatoms. The van der Waals surface area contributed by atoms with E-state index in [9.17, 15) is 0 Å². The van der Waals surface area contributed by atoms with Gasteiger partial charge in [-0.05, 0) is 40.5 Å². The first-order valence-corrected chi connectivity index (χ1v) is 6.49. The second-order valence-corrected chi connectivity index (χ2v) is 4.89. The second kappa shape index (κ2) is 6.88. The summed E-state index contributed by atoms with van der Waals surface area (Å²) in [6.07, 6.45) is 0.981. The molecule has 0 radical (unpaired) electrons. The molecule has 0 bridgehead atoms. The van der Waals surface area contributed by atoms with Gasteiger partial charge < -0.3 is 5.32 Å². The largest absolute Gasteiger partial charge is 0.324 e. The Morgan fingerprint density at radius 1 is 1.44 bits per heavy atom. The van der Waals surface area contributed by atoms with Crippen LogP contribution in [0.4, 0.5) is 5.69 Å². The highest BCUT2D eigenvalue weighted by Gasteiger charge is 2.02. The lowest BCUT2D eigenvalue weighted by Gasteiger charge is -2.10. The van der Waals surface area contributed by atoms with Crippen LogP contribution in [0.15, 0.2) is 32.1 Å². The molecule has 88 valence electrons. The van der Waals surface area contributed by atoms with Crippen molar-refractivity contribution in [3.8, 4) is 0 Å². The van der Waals surface area contributed by atoms with E-state index in [1.807, 2.05) is 18.2 Å². The van der Waals surface area contributed by atoms with E-state index in [1.165, 1.54) is 0 Å². The fourth-order valence-corrected chi connectivity index (χ4v) is 2.21. The summed E-state index contributed by atoms with van der Waals surface area (Å²) in [5.74, 6) is 5.93. The number of anilines is 1. The van der Waals surface area contributed by atoms with E-state index in [-0.39, 0.29) is 0 Å². The molecule has 0 aliphatic heterocycles. The standard InChI is InChI=1S/C10H14Br2N4/c1-2-5-14-10(16-13)15-9-4-3-7(11)6-8(9)12/h3-4,6H,2,5,13H2,1H3,(H2,14,15,16). The number of rotatable bonds is 3. The van der Waals surface area contributed by atoms with Crippen molar-refractivity contribution in [2.75, 3.05) is 11.9 Å². The summed E-state index contributed by atoms with van der Waals surface area (Å²) in [5, 5.41) is 3.11. The van der Waals surface area contributed by atoms with Crippen LogP contribution in [0.2, 0.25) is 0 Å². The zero-order valence-electron chi connectivity index (χ0n) is 8.93. The Balaban J connectivity index is 2.78. The molecule has 1 aromatic rings. The number of nitrogens with zero attached hydrogens (tertiary/aromatic N) is 1. The topological polar surface area (TPSA) is 62.4 Å². The Morgan fingerprint density at radius 2 is 2.19 bits per heavy atom. The van der Waals surface area contributed by atoms with Crippen molar-refractivity contribution in [1.82, 2.24) is 5.43 Å². The summed E-state index contributed by atoms with van der Waals surface area (Å²) in [4.78, 5) is 4.26. The van der Waals surface area contributed by atoms with Gasteiger partial charge in [0.15, 0.2) is 0 Å². The van der Waals surface area contributed by atoms with Gasteiger partial charge in [0.2, 0.25) is 5.96 Å². The molecule has 0 aliphatic rings. The van der Waals surface area contributed by atoms with Crippen LogP contribution >= 0.6 is 31.9 Å². The van der Waals surface area contributed by atoms with Gasteiger partial charge in [0.05, 0.1) is 5.69 Å². The predicted molar refractivity (Wildman–Crippen MR) is 75.4 cm³/mol. The maximum Gasteiger partial charge on any atom is 0.210 e. The number of nitrogens with two attached hydrogens (primary N) is 1. The molecule has 0 atom stereocenters. The molecule has 0 saturated heterocycles. The lowest BCUT2D eigenvalue weighted by molar-refractivity contribution is 0.905. The van der Waals surface area contributed by atoms with Crippen LogP contribution in [0.25, 0.3) is 0 Å². The van der Waals surface area contributed by atoms with Crippen LogP contribution in [0.3, 0.4) is 0 Å². The maximum atomic E-state index is 5.37. The first-order valence-electron chi connectivity index (χ1n) is 4.90. The summed E-state index contributed by atoms with van der Waals surface area (Å²) in [6.45, 7) is 2.80. The molecule has 1 aromatic carbocycles. The SMILES string of the molecule is CCCN=C(NN)Nc1ccc(Br)cc1Br. The quantitative estimate of drug-likeness (QED) is 0.340.